The van der Waals surface area contributed by atoms with E-state index in [9.17, 15) is 14.4 Å². The molecular formula is C18H21N5O5. The second kappa shape index (κ2) is 8.51. The van der Waals surface area contributed by atoms with Gasteiger partial charge in [-0.05, 0) is 17.7 Å². The first-order valence-electron chi connectivity index (χ1n) is 8.74. The van der Waals surface area contributed by atoms with Crippen molar-refractivity contribution in [3.05, 3.63) is 41.7 Å². The summed E-state index contributed by atoms with van der Waals surface area (Å²) in [5.74, 6) is -1.02. The lowest BCUT2D eigenvalue weighted by Gasteiger charge is -2.17. The number of nitrogens with zero attached hydrogens (tertiary/aromatic N) is 4. The molecule has 0 aliphatic carbocycles. The molecule has 1 unspecified atom stereocenters. The zero-order chi connectivity index (χ0) is 20.1. The maximum Gasteiger partial charge on any atom is 0.325 e. The van der Waals surface area contributed by atoms with Crippen molar-refractivity contribution in [3.63, 3.8) is 0 Å². The lowest BCUT2D eigenvalue weighted by molar-refractivity contribution is -0.138. The van der Waals surface area contributed by atoms with Crippen LogP contribution >= 0.6 is 0 Å². The van der Waals surface area contributed by atoms with E-state index < -0.39 is 11.9 Å². The van der Waals surface area contributed by atoms with Crippen molar-refractivity contribution in [1.82, 2.24) is 25.2 Å². The first kappa shape index (κ1) is 19.3. The number of aromatic nitrogens is 3. The molecule has 1 aromatic carbocycles. The average molecular weight is 387 g/mol. The summed E-state index contributed by atoms with van der Waals surface area (Å²) in [5, 5.41) is 18.9. The van der Waals surface area contributed by atoms with Crippen LogP contribution in [0.1, 0.15) is 17.7 Å². The molecule has 0 saturated carbocycles. The predicted octanol–water partition coefficient (Wildman–Crippen LogP) is 0.0362. The van der Waals surface area contributed by atoms with E-state index in [1.54, 1.807) is 12.0 Å². The fraction of sp³-hybridized carbons (Fsp3) is 0.389. The molecule has 1 fully saturated rings. The van der Waals surface area contributed by atoms with Crippen molar-refractivity contribution in [3.8, 4) is 5.75 Å². The summed E-state index contributed by atoms with van der Waals surface area (Å²) in [6.45, 7) is 0.624. The topological polar surface area (TPSA) is 127 Å². The molecule has 1 aliphatic heterocycles. The maximum atomic E-state index is 12.4. The largest absolute Gasteiger partial charge is 0.497 e. The molecule has 1 saturated heterocycles. The van der Waals surface area contributed by atoms with Gasteiger partial charge in [-0.2, -0.15) is 0 Å². The molecule has 3 rings (SSSR count). The fourth-order valence-electron chi connectivity index (χ4n) is 3.01. The van der Waals surface area contributed by atoms with Crippen LogP contribution < -0.4 is 10.1 Å². The Hall–Kier alpha value is -3.43. The summed E-state index contributed by atoms with van der Waals surface area (Å²) in [6, 6.07) is 7.44. The molecule has 2 heterocycles. The van der Waals surface area contributed by atoms with Crippen molar-refractivity contribution in [2.45, 2.75) is 26.1 Å². The van der Waals surface area contributed by atoms with Gasteiger partial charge >= 0.3 is 5.97 Å². The van der Waals surface area contributed by atoms with Crippen LogP contribution in [-0.4, -0.2) is 56.4 Å². The van der Waals surface area contributed by atoms with Gasteiger partial charge in [-0.1, -0.05) is 17.3 Å². The molecule has 1 aliphatic rings. The van der Waals surface area contributed by atoms with E-state index in [-0.39, 0.29) is 31.3 Å². The van der Waals surface area contributed by atoms with Crippen LogP contribution in [0.3, 0.4) is 0 Å². The van der Waals surface area contributed by atoms with Gasteiger partial charge in [0.15, 0.2) is 0 Å². The minimum atomic E-state index is -1.03. The number of benzene rings is 1. The number of carboxylic acid groups (broad SMARTS) is 1. The van der Waals surface area contributed by atoms with Gasteiger partial charge in [0, 0.05) is 19.5 Å². The molecule has 10 nitrogen and oxygen atoms in total. The molecule has 1 aromatic heterocycles. The standard InChI is InChI=1S/C18H21N5O5/c1-28-15-4-2-12(3-5-15)8-22-9-13(6-16(22)24)18(27)19-7-14-10-23(21-20-14)11-17(25)26/h2-5,10,13H,6-9,11H2,1H3,(H,19,27)(H,25,26). The number of amides is 2. The van der Waals surface area contributed by atoms with Gasteiger partial charge in [0.2, 0.25) is 11.8 Å². The van der Waals surface area contributed by atoms with Gasteiger partial charge < -0.3 is 20.1 Å². The van der Waals surface area contributed by atoms with E-state index in [1.807, 2.05) is 24.3 Å². The monoisotopic (exact) mass is 387 g/mol. The number of likely N-dealkylation sites (tertiary alicyclic amines) is 1. The van der Waals surface area contributed by atoms with E-state index in [4.69, 9.17) is 9.84 Å². The number of hydrogen-bond acceptors (Lipinski definition) is 6. The Morgan fingerprint density at radius 3 is 2.75 bits per heavy atom. The Kier molecular flexibility index (Phi) is 5.87. The molecule has 10 heteroatoms. The van der Waals surface area contributed by atoms with Gasteiger partial charge in [-0.3, -0.25) is 14.4 Å². The van der Waals surface area contributed by atoms with Gasteiger partial charge in [-0.25, -0.2) is 4.68 Å². The Labute approximate surface area is 161 Å². The number of aliphatic carboxylic acids is 1. The zero-order valence-corrected chi connectivity index (χ0v) is 15.4. The first-order chi connectivity index (χ1) is 13.4. The van der Waals surface area contributed by atoms with Crippen LogP contribution in [0.25, 0.3) is 0 Å². The van der Waals surface area contributed by atoms with E-state index in [2.05, 4.69) is 15.6 Å². The van der Waals surface area contributed by atoms with Crippen molar-refractivity contribution in [2.24, 2.45) is 5.92 Å². The summed E-state index contributed by atoms with van der Waals surface area (Å²) in [4.78, 5) is 36.9. The zero-order valence-electron chi connectivity index (χ0n) is 15.4. The van der Waals surface area contributed by atoms with Crippen LogP contribution in [0.5, 0.6) is 5.75 Å². The number of carbonyl (C=O) groups is 3. The molecule has 2 aromatic rings. The van der Waals surface area contributed by atoms with Crippen molar-refractivity contribution >= 4 is 17.8 Å². The van der Waals surface area contributed by atoms with Crippen molar-refractivity contribution in [1.29, 1.82) is 0 Å². The third-order valence-electron chi connectivity index (χ3n) is 4.44. The Bertz CT molecular complexity index is 864. The van der Waals surface area contributed by atoms with Gasteiger partial charge in [0.05, 0.1) is 25.8 Å². The third kappa shape index (κ3) is 4.84. The SMILES string of the molecule is COc1ccc(CN2CC(C(=O)NCc3cn(CC(=O)O)nn3)CC2=O)cc1. The molecular weight excluding hydrogens is 366 g/mol. The summed E-state index contributed by atoms with van der Waals surface area (Å²) < 4.78 is 6.30. The van der Waals surface area contributed by atoms with Crippen LogP contribution in [0, 0.1) is 5.92 Å². The van der Waals surface area contributed by atoms with Crippen LogP contribution in [0.15, 0.2) is 30.5 Å². The normalized spacial score (nSPS) is 16.2. The number of ether oxygens (including phenoxy) is 1. The predicted molar refractivity (Wildman–Crippen MR) is 96.0 cm³/mol. The van der Waals surface area contributed by atoms with Crippen LogP contribution in [0.2, 0.25) is 0 Å². The molecule has 1 atom stereocenters. The van der Waals surface area contributed by atoms with Crippen LogP contribution in [-0.2, 0) is 34.0 Å². The lowest BCUT2D eigenvalue weighted by Crippen LogP contribution is -2.32. The summed E-state index contributed by atoms with van der Waals surface area (Å²) in [6.07, 6.45) is 1.62. The van der Waals surface area contributed by atoms with Crippen molar-refractivity contribution in [2.75, 3.05) is 13.7 Å². The van der Waals surface area contributed by atoms with Gasteiger partial charge in [-0.15, -0.1) is 5.10 Å². The number of carbonyl (C=O) groups excluding carboxylic acids is 2. The summed E-state index contributed by atoms with van der Waals surface area (Å²) in [7, 11) is 1.59. The Morgan fingerprint density at radius 2 is 2.07 bits per heavy atom. The highest BCUT2D eigenvalue weighted by Crippen LogP contribution is 2.21. The van der Waals surface area contributed by atoms with Gasteiger partial charge in [0.1, 0.15) is 18.0 Å². The molecule has 0 radical (unpaired) electrons. The second-order valence-corrected chi connectivity index (χ2v) is 6.54. The number of hydrogen-bond donors (Lipinski definition) is 2. The first-order valence-corrected chi connectivity index (χ1v) is 8.74. The van der Waals surface area contributed by atoms with Crippen molar-refractivity contribution < 1.29 is 24.2 Å². The van der Waals surface area contributed by atoms with E-state index in [0.29, 0.717) is 18.8 Å². The highest BCUT2D eigenvalue weighted by molar-refractivity contribution is 5.89. The highest BCUT2D eigenvalue weighted by atomic mass is 16.5. The number of rotatable bonds is 8. The van der Waals surface area contributed by atoms with E-state index >= 15 is 0 Å². The average Bonchev–Trinajstić information content (AvgIpc) is 3.26. The smallest absolute Gasteiger partial charge is 0.325 e. The number of carboxylic acids is 1. The number of methoxy groups -OCH3 is 1. The van der Waals surface area contributed by atoms with E-state index in [0.717, 1.165) is 11.3 Å². The molecule has 148 valence electrons. The van der Waals surface area contributed by atoms with E-state index in [1.165, 1.54) is 10.9 Å². The van der Waals surface area contributed by atoms with Gasteiger partial charge in [0.25, 0.3) is 0 Å². The minimum Gasteiger partial charge on any atom is -0.497 e. The quantitative estimate of drug-likeness (QED) is 0.654. The molecule has 2 amide bonds. The molecule has 0 spiro atoms. The molecule has 0 bridgehead atoms. The number of nitrogens with one attached hydrogen (secondary N) is 1. The Balaban J connectivity index is 1.50. The van der Waals surface area contributed by atoms with Crippen LogP contribution in [0.4, 0.5) is 0 Å². The second-order valence-electron chi connectivity index (χ2n) is 6.54. The lowest BCUT2D eigenvalue weighted by atomic mass is 10.1. The Morgan fingerprint density at radius 1 is 1.32 bits per heavy atom. The highest BCUT2D eigenvalue weighted by Gasteiger charge is 2.34. The molecule has 2 N–H and O–H groups in total. The fourth-order valence-corrected chi connectivity index (χ4v) is 3.01. The minimum absolute atomic E-state index is 0.0663. The summed E-state index contributed by atoms with van der Waals surface area (Å²) >= 11 is 0. The third-order valence-corrected chi connectivity index (χ3v) is 4.44. The maximum absolute atomic E-state index is 12.4. The molecule has 28 heavy (non-hydrogen) atoms. The summed E-state index contributed by atoms with van der Waals surface area (Å²) in [5.41, 5.74) is 1.42.